The van der Waals surface area contributed by atoms with E-state index in [0.29, 0.717) is 6.42 Å². The molecule has 0 saturated carbocycles. The number of piperidine rings is 1. The zero-order chi connectivity index (χ0) is 22.4. The molecule has 32 heavy (non-hydrogen) atoms. The summed E-state index contributed by atoms with van der Waals surface area (Å²) in [7, 11) is 0. The molecular formula is C27H32N4O. The van der Waals surface area contributed by atoms with Crippen LogP contribution in [0.3, 0.4) is 0 Å². The van der Waals surface area contributed by atoms with Crippen molar-refractivity contribution in [3.8, 4) is 11.1 Å². The Morgan fingerprint density at radius 3 is 2.69 bits per heavy atom. The van der Waals surface area contributed by atoms with Crippen LogP contribution in [0.1, 0.15) is 37.9 Å². The number of benzene rings is 1. The quantitative estimate of drug-likeness (QED) is 0.602. The number of nitrogens with one attached hydrogen (secondary N) is 1. The van der Waals surface area contributed by atoms with Crippen molar-refractivity contribution < 1.29 is 4.79 Å². The Balaban J connectivity index is 1.65. The average molecular weight is 429 g/mol. The molecule has 1 unspecified atom stereocenters. The summed E-state index contributed by atoms with van der Waals surface area (Å²) in [6.07, 6.45) is 8.10. The molecule has 1 N–H and O–H groups in total. The topological polar surface area (TPSA) is 58.1 Å². The predicted molar refractivity (Wildman–Crippen MR) is 128 cm³/mol. The summed E-state index contributed by atoms with van der Waals surface area (Å²) in [5, 5.41) is 3.22. The van der Waals surface area contributed by atoms with E-state index in [0.717, 1.165) is 49.3 Å². The van der Waals surface area contributed by atoms with E-state index in [1.165, 1.54) is 5.56 Å². The lowest BCUT2D eigenvalue weighted by Gasteiger charge is -2.42. The number of aromatic nitrogens is 2. The zero-order valence-corrected chi connectivity index (χ0v) is 19.0. The zero-order valence-electron chi connectivity index (χ0n) is 19.0. The monoisotopic (exact) mass is 428 g/mol. The van der Waals surface area contributed by atoms with E-state index in [9.17, 15) is 4.79 Å². The number of nitrogens with zero attached hydrogens (tertiary/aromatic N) is 3. The Hall–Kier alpha value is -3.05. The van der Waals surface area contributed by atoms with Crippen molar-refractivity contribution in [3.63, 3.8) is 0 Å². The number of rotatable bonds is 7. The molecule has 0 aliphatic carbocycles. The Kier molecular flexibility index (Phi) is 6.96. The number of hydrogen-bond acceptors (Lipinski definition) is 4. The van der Waals surface area contributed by atoms with E-state index in [-0.39, 0.29) is 11.9 Å². The van der Waals surface area contributed by atoms with E-state index in [1.54, 1.807) is 6.20 Å². The van der Waals surface area contributed by atoms with Crippen LogP contribution in [0.4, 0.5) is 0 Å². The van der Waals surface area contributed by atoms with Crippen LogP contribution >= 0.6 is 0 Å². The van der Waals surface area contributed by atoms with Gasteiger partial charge in [-0.25, -0.2) is 0 Å². The fourth-order valence-electron chi connectivity index (χ4n) is 4.75. The molecule has 1 aromatic carbocycles. The first-order valence-electron chi connectivity index (χ1n) is 11.5. The molecule has 0 spiro atoms. The summed E-state index contributed by atoms with van der Waals surface area (Å²) in [5.41, 5.74) is 4.00. The molecule has 4 rings (SSSR count). The van der Waals surface area contributed by atoms with Crippen LogP contribution in [0.5, 0.6) is 0 Å². The number of carbonyl (C=O) groups excluding carboxylic acids is 1. The molecule has 1 fully saturated rings. The van der Waals surface area contributed by atoms with Gasteiger partial charge in [-0.3, -0.25) is 19.7 Å². The van der Waals surface area contributed by atoms with Gasteiger partial charge in [-0.1, -0.05) is 36.4 Å². The van der Waals surface area contributed by atoms with Gasteiger partial charge >= 0.3 is 0 Å². The Morgan fingerprint density at radius 1 is 1.09 bits per heavy atom. The first-order chi connectivity index (χ1) is 15.6. The third-order valence-corrected chi connectivity index (χ3v) is 6.19. The summed E-state index contributed by atoms with van der Waals surface area (Å²) < 4.78 is 0. The highest BCUT2D eigenvalue weighted by Crippen LogP contribution is 2.37. The molecule has 1 aliphatic heterocycles. The van der Waals surface area contributed by atoms with E-state index in [2.05, 4.69) is 56.6 Å². The molecule has 1 amide bonds. The van der Waals surface area contributed by atoms with Gasteiger partial charge in [0.2, 0.25) is 5.91 Å². The smallest absolute Gasteiger partial charge is 0.228 e. The normalized spacial score (nSPS) is 19.1. The van der Waals surface area contributed by atoms with Crippen molar-refractivity contribution in [1.29, 1.82) is 0 Å². The summed E-state index contributed by atoms with van der Waals surface area (Å²) in [6.45, 7) is 6.54. The standard InChI is InChI=1S/C27H32N4O/c1-21(2)30-26(32)27(13-8-16-31(20-27)19-24-11-5-6-15-29-24)17-22-9-3-4-12-25(22)23-10-7-14-28-18-23/h3-7,9-12,14-15,18,21H,8,13,16-17,19-20H2,1-2H3,(H,30,32). The fraction of sp³-hybridized carbons (Fsp3) is 0.370. The van der Waals surface area contributed by atoms with E-state index < -0.39 is 5.41 Å². The maximum atomic E-state index is 13.6. The third kappa shape index (κ3) is 5.22. The fourth-order valence-corrected chi connectivity index (χ4v) is 4.75. The minimum Gasteiger partial charge on any atom is -0.353 e. The Bertz CT molecular complexity index is 1020. The number of amides is 1. The lowest BCUT2D eigenvalue weighted by atomic mass is 9.73. The van der Waals surface area contributed by atoms with E-state index >= 15 is 0 Å². The van der Waals surface area contributed by atoms with Gasteiger partial charge in [-0.2, -0.15) is 0 Å². The molecule has 3 heterocycles. The molecular weight excluding hydrogens is 396 g/mol. The maximum absolute atomic E-state index is 13.6. The first kappa shape index (κ1) is 22.2. The number of carbonyl (C=O) groups is 1. The summed E-state index contributed by atoms with van der Waals surface area (Å²) >= 11 is 0. The van der Waals surface area contributed by atoms with Crippen molar-refractivity contribution in [2.45, 2.75) is 45.7 Å². The molecule has 5 nitrogen and oxygen atoms in total. The van der Waals surface area contributed by atoms with E-state index in [4.69, 9.17) is 0 Å². The van der Waals surface area contributed by atoms with Crippen LogP contribution in [-0.4, -0.2) is 39.9 Å². The second-order valence-corrected chi connectivity index (χ2v) is 9.12. The van der Waals surface area contributed by atoms with Crippen LogP contribution in [0, 0.1) is 5.41 Å². The van der Waals surface area contributed by atoms with Crippen LogP contribution in [0.2, 0.25) is 0 Å². The first-order valence-corrected chi connectivity index (χ1v) is 11.5. The van der Waals surface area contributed by atoms with Crippen molar-refractivity contribution in [1.82, 2.24) is 20.2 Å². The van der Waals surface area contributed by atoms with Crippen molar-refractivity contribution >= 4 is 5.91 Å². The molecule has 5 heteroatoms. The van der Waals surface area contributed by atoms with Crippen molar-refractivity contribution in [2.24, 2.45) is 5.41 Å². The lowest BCUT2D eigenvalue weighted by molar-refractivity contribution is -0.135. The van der Waals surface area contributed by atoms with Gasteiger partial charge in [0.05, 0.1) is 11.1 Å². The van der Waals surface area contributed by atoms with Crippen molar-refractivity contribution in [2.75, 3.05) is 13.1 Å². The lowest BCUT2D eigenvalue weighted by Crippen LogP contribution is -2.54. The maximum Gasteiger partial charge on any atom is 0.228 e. The molecule has 0 radical (unpaired) electrons. The average Bonchev–Trinajstić information content (AvgIpc) is 2.80. The largest absolute Gasteiger partial charge is 0.353 e. The van der Waals surface area contributed by atoms with Gasteiger partial charge in [0.25, 0.3) is 0 Å². The van der Waals surface area contributed by atoms with Gasteiger partial charge in [0.1, 0.15) is 0 Å². The summed E-state index contributed by atoms with van der Waals surface area (Å²) in [5.74, 6) is 0.152. The predicted octanol–water partition coefficient (Wildman–Crippen LogP) is 4.49. The highest BCUT2D eigenvalue weighted by molar-refractivity contribution is 5.84. The third-order valence-electron chi connectivity index (χ3n) is 6.19. The SMILES string of the molecule is CC(C)NC(=O)C1(Cc2ccccc2-c2cccnc2)CCCN(Cc2ccccn2)C1. The summed E-state index contributed by atoms with van der Waals surface area (Å²) in [6, 6.07) is 18.6. The molecule has 2 aromatic heterocycles. The highest BCUT2D eigenvalue weighted by Gasteiger charge is 2.42. The van der Waals surface area contributed by atoms with Crippen LogP contribution in [0.25, 0.3) is 11.1 Å². The number of hydrogen-bond donors (Lipinski definition) is 1. The van der Waals surface area contributed by atoms with E-state index in [1.807, 2.05) is 44.4 Å². The second-order valence-electron chi connectivity index (χ2n) is 9.12. The molecule has 1 saturated heterocycles. The minimum atomic E-state index is -0.477. The van der Waals surface area contributed by atoms with Crippen LogP contribution < -0.4 is 5.32 Å². The van der Waals surface area contributed by atoms with Crippen molar-refractivity contribution in [3.05, 3.63) is 84.4 Å². The highest BCUT2D eigenvalue weighted by atomic mass is 16.2. The molecule has 3 aromatic rings. The summed E-state index contributed by atoms with van der Waals surface area (Å²) in [4.78, 5) is 24.8. The van der Waals surface area contributed by atoms with Gasteiger partial charge < -0.3 is 5.32 Å². The van der Waals surface area contributed by atoms with Gasteiger partial charge in [0.15, 0.2) is 0 Å². The second kappa shape index (κ2) is 10.0. The Labute approximate surface area is 190 Å². The number of likely N-dealkylation sites (tertiary alicyclic amines) is 1. The molecule has 1 aliphatic rings. The Morgan fingerprint density at radius 2 is 1.94 bits per heavy atom. The van der Waals surface area contributed by atoms with Crippen LogP contribution in [0.15, 0.2) is 73.2 Å². The molecule has 0 bridgehead atoms. The number of pyridine rings is 2. The van der Waals surface area contributed by atoms with Gasteiger partial charge in [0, 0.05) is 43.3 Å². The van der Waals surface area contributed by atoms with Gasteiger partial charge in [-0.15, -0.1) is 0 Å². The molecule has 1 atom stereocenters. The molecule has 166 valence electrons. The minimum absolute atomic E-state index is 0.110. The van der Waals surface area contributed by atoms with Gasteiger partial charge in [-0.05, 0) is 69.0 Å². The van der Waals surface area contributed by atoms with Crippen LogP contribution in [-0.2, 0) is 17.8 Å².